The average Bonchev–Trinajstić information content (AvgIpc) is 2.10. The van der Waals surface area contributed by atoms with Crippen LogP contribution >= 0.6 is 0 Å². The largest absolute Gasteiger partial charge is 0.317 e. The molecule has 2 unspecified atom stereocenters. The summed E-state index contributed by atoms with van der Waals surface area (Å²) in [5, 5.41) is 3.64. The van der Waals surface area contributed by atoms with Crippen LogP contribution in [0.5, 0.6) is 0 Å². The first-order valence-electron chi connectivity index (χ1n) is 4.82. The fourth-order valence-electron chi connectivity index (χ4n) is 0.968. The van der Waals surface area contributed by atoms with Crippen molar-refractivity contribution in [3.05, 3.63) is 12.7 Å². The van der Waals surface area contributed by atoms with Crippen molar-refractivity contribution in [2.24, 2.45) is 0 Å². The highest BCUT2D eigenvalue weighted by atomic mass is 32.2. The van der Waals surface area contributed by atoms with Crippen LogP contribution in [0.15, 0.2) is 12.7 Å². The third-order valence-electron chi connectivity index (χ3n) is 2.06. The molecule has 3 heteroatoms. The van der Waals surface area contributed by atoms with Gasteiger partial charge in [0.05, 0.1) is 0 Å². The van der Waals surface area contributed by atoms with Gasteiger partial charge in [-0.05, 0) is 32.4 Å². The van der Waals surface area contributed by atoms with Crippen LogP contribution in [-0.2, 0) is 10.8 Å². The standard InChI is InChI=1S/C10H21NOS/c1-4-5-6-8-11-9-7-10(2)13(3)12/h4,10-11H,1,5-9H2,2-3H3. The summed E-state index contributed by atoms with van der Waals surface area (Å²) < 4.78 is 11.0. The van der Waals surface area contributed by atoms with E-state index in [9.17, 15) is 4.21 Å². The van der Waals surface area contributed by atoms with E-state index < -0.39 is 10.8 Å². The molecule has 1 N–H and O–H groups in total. The van der Waals surface area contributed by atoms with Gasteiger partial charge in [-0.15, -0.1) is 6.58 Å². The fraction of sp³-hybridized carbons (Fsp3) is 0.800. The predicted octanol–water partition coefficient (Wildman–Crippen LogP) is 1.70. The zero-order valence-corrected chi connectivity index (χ0v) is 9.53. The zero-order chi connectivity index (χ0) is 10.1. The minimum atomic E-state index is -0.675. The maximum absolute atomic E-state index is 11.0. The van der Waals surface area contributed by atoms with Crippen molar-refractivity contribution < 1.29 is 4.21 Å². The molecule has 2 nitrogen and oxygen atoms in total. The number of allylic oxidation sites excluding steroid dienone is 1. The molecule has 0 aromatic heterocycles. The minimum absolute atomic E-state index is 0.312. The highest BCUT2D eigenvalue weighted by molar-refractivity contribution is 7.84. The van der Waals surface area contributed by atoms with E-state index in [2.05, 4.69) is 11.9 Å². The van der Waals surface area contributed by atoms with E-state index in [1.807, 2.05) is 13.0 Å². The molecule has 0 aliphatic carbocycles. The Morgan fingerprint density at radius 2 is 2.23 bits per heavy atom. The van der Waals surface area contributed by atoms with E-state index in [0.29, 0.717) is 5.25 Å². The molecule has 0 spiro atoms. The summed E-state index contributed by atoms with van der Waals surface area (Å²) in [5.74, 6) is 0. The first-order chi connectivity index (χ1) is 6.18. The van der Waals surface area contributed by atoms with Crippen LogP contribution < -0.4 is 5.32 Å². The lowest BCUT2D eigenvalue weighted by Crippen LogP contribution is -2.22. The second kappa shape index (κ2) is 8.45. The molecule has 0 aliphatic rings. The Hall–Kier alpha value is -0.150. The van der Waals surface area contributed by atoms with Crippen LogP contribution in [0.4, 0.5) is 0 Å². The first kappa shape index (κ1) is 12.8. The van der Waals surface area contributed by atoms with Crippen molar-refractivity contribution in [2.75, 3.05) is 19.3 Å². The summed E-state index contributed by atoms with van der Waals surface area (Å²) in [6.07, 6.45) is 6.92. The van der Waals surface area contributed by atoms with Crippen LogP contribution in [0, 0.1) is 0 Å². The highest BCUT2D eigenvalue weighted by Crippen LogP contribution is 1.97. The van der Waals surface area contributed by atoms with Gasteiger partial charge in [-0.1, -0.05) is 13.0 Å². The smallest absolute Gasteiger partial charge is 0.0329 e. The Morgan fingerprint density at radius 1 is 1.54 bits per heavy atom. The minimum Gasteiger partial charge on any atom is -0.317 e. The molecule has 2 atom stereocenters. The number of rotatable bonds is 8. The summed E-state index contributed by atoms with van der Waals surface area (Å²) in [5.41, 5.74) is 0. The highest BCUT2D eigenvalue weighted by Gasteiger charge is 2.04. The van der Waals surface area contributed by atoms with E-state index in [0.717, 1.165) is 32.4 Å². The molecule has 0 fully saturated rings. The van der Waals surface area contributed by atoms with Gasteiger partial charge < -0.3 is 5.32 Å². The molecule has 13 heavy (non-hydrogen) atoms. The van der Waals surface area contributed by atoms with E-state index in [-0.39, 0.29) is 0 Å². The van der Waals surface area contributed by atoms with Gasteiger partial charge in [0.2, 0.25) is 0 Å². The van der Waals surface area contributed by atoms with Gasteiger partial charge in [0, 0.05) is 22.3 Å². The van der Waals surface area contributed by atoms with Crippen molar-refractivity contribution in [3.63, 3.8) is 0 Å². The maximum atomic E-state index is 11.0. The number of hydrogen-bond acceptors (Lipinski definition) is 2. The van der Waals surface area contributed by atoms with E-state index in [4.69, 9.17) is 0 Å². The van der Waals surface area contributed by atoms with Gasteiger partial charge >= 0.3 is 0 Å². The molecular weight excluding hydrogens is 182 g/mol. The van der Waals surface area contributed by atoms with Crippen molar-refractivity contribution >= 4 is 10.8 Å². The third-order valence-corrected chi connectivity index (χ3v) is 3.43. The Labute approximate surface area is 84.3 Å². The quantitative estimate of drug-likeness (QED) is 0.480. The second-order valence-electron chi connectivity index (χ2n) is 3.28. The lowest BCUT2D eigenvalue weighted by molar-refractivity contribution is 0.614. The van der Waals surface area contributed by atoms with Gasteiger partial charge in [-0.2, -0.15) is 0 Å². The predicted molar refractivity (Wildman–Crippen MR) is 60.4 cm³/mol. The van der Waals surface area contributed by atoms with Crippen molar-refractivity contribution in [1.82, 2.24) is 5.32 Å². The SMILES string of the molecule is C=CCCCNCCC(C)S(C)=O. The normalized spacial score (nSPS) is 15.2. The Kier molecular flexibility index (Phi) is 8.35. The molecule has 78 valence electrons. The van der Waals surface area contributed by atoms with Crippen LogP contribution in [-0.4, -0.2) is 28.8 Å². The molecule has 0 amide bonds. The number of nitrogens with one attached hydrogen (secondary N) is 1. The summed E-state index contributed by atoms with van der Waals surface area (Å²) in [7, 11) is -0.675. The molecule has 0 bridgehead atoms. The van der Waals surface area contributed by atoms with E-state index in [1.165, 1.54) is 0 Å². The summed E-state index contributed by atoms with van der Waals surface area (Å²) >= 11 is 0. The van der Waals surface area contributed by atoms with Crippen LogP contribution in [0.1, 0.15) is 26.2 Å². The molecule has 0 aromatic carbocycles. The molecule has 0 heterocycles. The van der Waals surface area contributed by atoms with Crippen LogP contribution in [0.25, 0.3) is 0 Å². The molecule has 0 aromatic rings. The van der Waals surface area contributed by atoms with Crippen LogP contribution in [0.2, 0.25) is 0 Å². The molecule has 0 rings (SSSR count). The first-order valence-corrected chi connectivity index (χ1v) is 6.44. The number of unbranched alkanes of at least 4 members (excludes halogenated alkanes) is 1. The second-order valence-corrected chi connectivity index (χ2v) is 5.08. The summed E-state index contributed by atoms with van der Waals surface area (Å²) in [6, 6.07) is 0. The van der Waals surface area contributed by atoms with Gasteiger partial charge in [0.15, 0.2) is 0 Å². The third kappa shape index (κ3) is 8.19. The Balaban J connectivity index is 3.15. The lowest BCUT2D eigenvalue weighted by Gasteiger charge is -2.08. The summed E-state index contributed by atoms with van der Waals surface area (Å²) in [4.78, 5) is 0. The molecule has 0 aliphatic heterocycles. The van der Waals surface area contributed by atoms with Gasteiger partial charge in [-0.3, -0.25) is 4.21 Å². The molecule has 0 radical (unpaired) electrons. The molecular formula is C10H21NOS. The zero-order valence-electron chi connectivity index (χ0n) is 8.71. The average molecular weight is 203 g/mol. The molecule has 0 saturated carbocycles. The van der Waals surface area contributed by atoms with Gasteiger partial charge in [0.1, 0.15) is 0 Å². The van der Waals surface area contributed by atoms with E-state index >= 15 is 0 Å². The fourth-order valence-corrected chi connectivity index (χ4v) is 1.42. The summed E-state index contributed by atoms with van der Waals surface area (Å²) in [6.45, 7) is 7.70. The van der Waals surface area contributed by atoms with Crippen molar-refractivity contribution in [2.45, 2.75) is 31.4 Å². The van der Waals surface area contributed by atoms with Crippen LogP contribution in [0.3, 0.4) is 0 Å². The monoisotopic (exact) mass is 203 g/mol. The van der Waals surface area contributed by atoms with Crippen molar-refractivity contribution in [3.8, 4) is 0 Å². The topological polar surface area (TPSA) is 29.1 Å². The van der Waals surface area contributed by atoms with E-state index in [1.54, 1.807) is 6.26 Å². The Bertz CT molecular complexity index is 159. The lowest BCUT2D eigenvalue weighted by atomic mass is 10.3. The van der Waals surface area contributed by atoms with Crippen molar-refractivity contribution in [1.29, 1.82) is 0 Å². The molecule has 0 saturated heterocycles. The Morgan fingerprint density at radius 3 is 2.77 bits per heavy atom. The number of hydrogen-bond donors (Lipinski definition) is 1. The van der Waals surface area contributed by atoms with Gasteiger partial charge in [0.25, 0.3) is 0 Å². The van der Waals surface area contributed by atoms with Gasteiger partial charge in [-0.25, -0.2) is 0 Å². The maximum Gasteiger partial charge on any atom is 0.0329 e.